The summed E-state index contributed by atoms with van der Waals surface area (Å²) in [5.41, 5.74) is 2.32. The number of aryl methyl sites for hydroxylation is 2. The molecule has 1 heterocycles. The van der Waals surface area contributed by atoms with E-state index < -0.39 is 0 Å². The summed E-state index contributed by atoms with van der Waals surface area (Å²) in [6, 6.07) is 14.1. The van der Waals surface area contributed by atoms with Crippen molar-refractivity contribution in [3.8, 4) is 11.5 Å². The quantitative estimate of drug-likeness (QED) is 0.553. The molecule has 7 heteroatoms. The highest BCUT2D eigenvalue weighted by Gasteiger charge is 2.13. The van der Waals surface area contributed by atoms with Gasteiger partial charge in [-0.05, 0) is 71.7 Å². The fourth-order valence-corrected chi connectivity index (χ4v) is 3.33. The zero-order chi connectivity index (χ0) is 20.3. The lowest BCUT2D eigenvalue weighted by Gasteiger charge is -2.11. The van der Waals surface area contributed by atoms with Crippen LogP contribution in [0.4, 0.5) is 0 Å². The molecular formula is C21H18BrClN2O3. The van der Waals surface area contributed by atoms with Gasteiger partial charge in [-0.1, -0.05) is 23.7 Å². The molecule has 3 aromatic rings. The number of ether oxygens (including phenoxy) is 1. The second-order valence-corrected chi connectivity index (χ2v) is 7.56. The molecule has 0 spiro atoms. The average Bonchev–Trinajstić information content (AvgIpc) is 2.64. The summed E-state index contributed by atoms with van der Waals surface area (Å²) in [6.45, 7) is 3.79. The smallest absolute Gasteiger partial charge is 0.253 e. The lowest BCUT2D eigenvalue weighted by molar-refractivity contribution is 0.0950. The van der Waals surface area contributed by atoms with Gasteiger partial charge in [0.15, 0.2) is 0 Å². The predicted octanol–water partition coefficient (Wildman–Crippen LogP) is 5.13. The second-order valence-electron chi connectivity index (χ2n) is 6.30. The third-order valence-electron chi connectivity index (χ3n) is 4.17. The first-order valence-electron chi connectivity index (χ1n) is 8.54. The molecule has 144 valence electrons. The zero-order valence-electron chi connectivity index (χ0n) is 15.3. The van der Waals surface area contributed by atoms with Gasteiger partial charge in [0.1, 0.15) is 11.5 Å². The third-order valence-corrected chi connectivity index (χ3v) is 5.12. The first-order valence-corrected chi connectivity index (χ1v) is 9.72. The van der Waals surface area contributed by atoms with Crippen LogP contribution in [0.5, 0.6) is 11.5 Å². The highest BCUT2D eigenvalue weighted by Crippen LogP contribution is 2.33. The average molecular weight is 462 g/mol. The van der Waals surface area contributed by atoms with Crippen LogP contribution in [0.25, 0.3) is 0 Å². The fourth-order valence-electron chi connectivity index (χ4n) is 2.74. The number of amides is 1. The van der Waals surface area contributed by atoms with Gasteiger partial charge < -0.3 is 15.0 Å². The summed E-state index contributed by atoms with van der Waals surface area (Å²) in [5.74, 6) is 0.736. The number of rotatable bonds is 5. The molecule has 1 aromatic heterocycles. The Bertz CT molecular complexity index is 1100. The van der Waals surface area contributed by atoms with Crippen molar-refractivity contribution in [1.29, 1.82) is 0 Å². The highest BCUT2D eigenvalue weighted by atomic mass is 79.9. The van der Waals surface area contributed by atoms with Crippen molar-refractivity contribution in [2.24, 2.45) is 0 Å². The Balaban J connectivity index is 1.72. The van der Waals surface area contributed by atoms with E-state index in [0.717, 1.165) is 15.7 Å². The van der Waals surface area contributed by atoms with E-state index in [2.05, 4.69) is 26.2 Å². The number of hydrogen-bond acceptors (Lipinski definition) is 3. The van der Waals surface area contributed by atoms with Crippen molar-refractivity contribution in [3.05, 3.63) is 90.8 Å². The molecule has 0 saturated carbocycles. The number of benzene rings is 2. The monoisotopic (exact) mass is 460 g/mol. The number of aromatic nitrogens is 1. The van der Waals surface area contributed by atoms with Gasteiger partial charge >= 0.3 is 0 Å². The molecule has 0 bridgehead atoms. The Morgan fingerprint density at radius 2 is 1.89 bits per heavy atom. The Kier molecular flexibility index (Phi) is 6.21. The van der Waals surface area contributed by atoms with Crippen molar-refractivity contribution in [2.75, 3.05) is 0 Å². The molecule has 0 fully saturated rings. The topological polar surface area (TPSA) is 71.2 Å². The lowest BCUT2D eigenvalue weighted by atomic mass is 10.1. The molecule has 0 unspecified atom stereocenters. The van der Waals surface area contributed by atoms with Gasteiger partial charge in [0.25, 0.3) is 11.5 Å². The first-order chi connectivity index (χ1) is 13.3. The van der Waals surface area contributed by atoms with Crippen LogP contribution in [0.1, 0.15) is 27.2 Å². The summed E-state index contributed by atoms with van der Waals surface area (Å²) in [7, 11) is 0. The predicted molar refractivity (Wildman–Crippen MR) is 113 cm³/mol. The third kappa shape index (κ3) is 4.64. The molecule has 1 amide bonds. The molecule has 0 aliphatic rings. The second kappa shape index (κ2) is 8.63. The number of aromatic amines is 1. The molecule has 0 atom stereocenters. The number of nitrogens with one attached hydrogen (secondary N) is 2. The number of H-pyrrole nitrogens is 1. The molecule has 0 saturated heterocycles. The summed E-state index contributed by atoms with van der Waals surface area (Å²) in [6.07, 6.45) is 0. The van der Waals surface area contributed by atoms with E-state index in [-0.39, 0.29) is 18.0 Å². The van der Waals surface area contributed by atoms with E-state index in [4.69, 9.17) is 16.3 Å². The molecule has 0 radical (unpaired) electrons. The van der Waals surface area contributed by atoms with Crippen molar-refractivity contribution >= 4 is 33.4 Å². The van der Waals surface area contributed by atoms with Gasteiger partial charge in [-0.25, -0.2) is 0 Å². The minimum Gasteiger partial charge on any atom is -0.455 e. The van der Waals surface area contributed by atoms with E-state index >= 15 is 0 Å². The van der Waals surface area contributed by atoms with Crippen LogP contribution in [0, 0.1) is 13.8 Å². The SMILES string of the molecule is Cc1cc(C)c(CNC(=O)c2ccc(Oc3ccccc3Br)c(Cl)c2)c(=O)[nH]1. The Hall–Kier alpha value is -2.57. The standard InChI is InChI=1S/C21H18BrClN2O3/c1-12-9-13(2)25-21(27)15(12)11-24-20(26)14-7-8-19(17(23)10-14)28-18-6-4-3-5-16(18)22/h3-10H,11H2,1-2H3,(H,24,26)(H,25,27). The van der Waals surface area contributed by atoms with E-state index in [9.17, 15) is 9.59 Å². The van der Waals surface area contributed by atoms with Crippen LogP contribution in [0.15, 0.2) is 57.8 Å². The van der Waals surface area contributed by atoms with Crippen molar-refractivity contribution in [2.45, 2.75) is 20.4 Å². The van der Waals surface area contributed by atoms with Crippen LogP contribution >= 0.6 is 27.5 Å². The maximum atomic E-state index is 12.5. The minimum atomic E-state index is -0.325. The van der Waals surface area contributed by atoms with Gasteiger partial charge in [0.05, 0.1) is 9.50 Å². The van der Waals surface area contributed by atoms with Crippen LogP contribution in [-0.2, 0) is 6.54 Å². The zero-order valence-corrected chi connectivity index (χ0v) is 17.6. The van der Waals surface area contributed by atoms with Crippen LogP contribution in [0.3, 0.4) is 0 Å². The largest absolute Gasteiger partial charge is 0.455 e. The van der Waals surface area contributed by atoms with Crippen LogP contribution in [0.2, 0.25) is 5.02 Å². The minimum absolute atomic E-state index is 0.132. The van der Waals surface area contributed by atoms with E-state index in [1.807, 2.05) is 44.2 Å². The summed E-state index contributed by atoms with van der Waals surface area (Å²) in [5, 5.41) is 3.07. The van der Waals surface area contributed by atoms with Crippen LogP contribution in [-0.4, -0.2) is 10.9 Å². The van der Waals surface area contributed by atoms with Crippen molar-refractivity contribution < 1.29 is 9.53 Å². The summed E-state index contributed by atoms with van der Waals surface area (Å²) < 4.78 is 6.59. The Labute approximate surface area is 175 Å². The molecule has 0 aliphatic heterocycles. The van der Waals surface area contributed by atoms with Gasteiger partial charge in [-0.2, -0.15) is 0 Å². The summed E-state index contributed by atoms with van der Waals surface area (Å²) >= 11 is 9.70. The van der Waals surface area contributed by atoms with Crippen molar-refractivity contribution in [3.63, 3.8) is 0 Å². The van der Waals surface area contributed by atoms with Gasteiger partial charge in [-0.3, -0.25) is 9.59 Å². The van der Waals surface area contributed by atoms with Gasteiger partial charge in [-0.15, -0.1) is 0 Å². The lowest BCUT2D eigenvalue weighted by Crippen LogP contribution is -2.27. The van der Waals surface area contributed by atoms with E-state index in [0.29, 0.717) is 27.6 Å². The van der Waals surface area contributed by atoms with Crippen molar-refractivity contribution in [1.82, 2.24) is 10.3 Å². The molecule has 28 heavy (non-hydrogen) atoms. The maximum Gasteiger partial charge on any atom is 0.253 e. The number of hydrogen-bond donors (Lipinski definition) is 2. The summed E-state index contributed by atoms with van der Waals surface area (Å²) in [4.78, 5) is 27.3. The fraction of sp³-hybridized carbons (Fsp3) is 0.143. The molecule has 0 aliphatic carbocycles. The number of halogens is 2. The number of pyridine rings is 1. The molecule has 5 nitrogen and oxygen atoms in total. The van der Waals surface area contributed by atoms with Crippen LogP contribution < -0.4 is 15.6 Å². The Morgan fingerprint density at radius 1 is 1.14 bits per heavy atom. The molecule has 3 rings (SSSR count). The molecule has 2 aromatic carbocycles. The van der Waals surface area contributed by atoms with Gasteiger partial charge in [0.2, 0.25) is 0 Å². The number of para-hydroxylation sites is 1. The molecule has 2 N–H and O–H groups in total. The van der Waals surface area contributed by atoms with E-state index in [1.54, 1.807) is 12.1 Å². The number of carbonyl (C=O) groups is 1. The highest BCUT2D eigenvalue weighted by molar-refractivity contribution is 9.10. The maximum absolute atomic E-state index is 12.5. The van der Waals surface area contributed by atoms with Gasteiger partial charge in [0, 0.05) is 23.4 Å². The molecular weight excluding hydrogens is 444 g/mol. The Morgan fingerprint density at radius 3 is 2.57 bits per heavy atom. The normalized spacial score (nSPS) is 10.6. The first kappa shape index (κ1) is 20.2. The number of carbonyl (C=O) groups excluding carboxylic acids is 1. The van der Waals surface area contributed by atoms with E-state index in [1.165, 1.54) is 6.07 Å².